The lowest BCUT2D eigenvalue weighted by molar-refractivity contribution is 0.217. The average molecular weight is 449 g/mol. The van der Waals surface area contributed by atoms with Crippen LogP contribution in [0.3, 0.4) is 0 Å². The molecule has 32 heavy (non-hydrogen) atoms. The fourth-order valence-corrected chi connectivity index (χ4v) is 5.09. The summed E-state index contributed by atoms with van der Waals surface area (Å²) < 4.78 is 6.65. The molecule has 0 atom stereocenters. The van der Waals surface area contributed by atoms with Crippen LogP contribution >= 0.6 is 11.3 Å². The third kappa shape index (κ3) is 5.14. The summed E-state index contributed by atoms with van der Waals surface area (Å²) in [6, 6.07) is 10.2. The van der Waals surface area contributed by atoms with Crippen LogP contribution in [0.15, 0.2) is 41.0 Å². The Bertz CT molecular complexity index is 1180. The van der Waals surface area contributed by atoms with Crippen LogP contribution in [0, 0.1) is 12.8 Å². The Kier molecular flexibility index (Phi) is 6.14. The second-order valence-corrected chi connectivity index (χ2v) is 9.82. The molecule has 1 aliphatic heterocycles. The Morgan fingerprint density at radius 1 is 1.09 bits per heavy atom. The van der Waals surface area contributed by atoms with Crippen LogP contribution in [0.2, 0.25) is 0 Å². The van der Waals surface area contributed by atoms with Crippen LogP contribution < -0.4 is 5.32 Å². The van der Waals surface area contributed by atoms with Gasteiger partial charge in [0.05, 0.1) is 28.0 Å². The first kappa shape index (κ1) is 21.0. The number of hydrogen-bond donors (Lipinski definition) is 1. The zero-order valence-electron chi connectivity index (χ0n) is 18.5. The number of anilines is 1. The molecule has 0 saturated carbocycles. The van der Waals surface area contributed by atoms with Gasteiger partial charge in [-0.2, -0.15) is 9.97 Å². The van der Waals surface area contributed by atoms with Crippen LogP contribution in [0.4, 0.5) is 5.95 Å². The zero-order valence-corrected chi connectivity index (χ0v) is 19.4. The van der Waals surface area contributed by atoms with Crippen molar-refractivity contribution in [2.45, 2.75) is 39.2 Å². The van der Waals surface area contributed by atoms with Crippen LogP contribution in [0.25, 0.3) is 10.2 Å². The van der Waals surface area contributed by atoms with E-state index in [-0.39, 0.29) is 0 Å². The number of nitrogens with zero attached hydrogens (tertiary/aromatic N) is 5. The van der Waals surface area contributed by atoms with E-state index < -0.39 is 0 Å². The minimum Gasteiger partial charge on any atom is -0.467 e. The van der Waals surface area contributed by atoms with Gasteiger partial charge < -0.3 is 14.6 Å². The fourth-order valence-electron chi connectivity index (χ4n) is 4.20. The van der Waals surface area contributed by atoms with Gasteiger partial charge >= 0.3 is 0 Å². The van der Waals surface area contributed by atoms with Crippen LogP contribution in [-0.2, 0) is 19.4 Å². The molecule has 4 heterocycles. The second-order valence-electron chi connectivity index (χ2n) is 8.59. The third-order valence-electron chi connectivity index (χ3n) is 5.96. The standard InChI is InChI=1S/C24H28N6OS/c1-16-26-20-6-5-18(12-21(20)32-16)14-23-27-22(13-17-7-9-30(2)10-8-17)28-24(29-23)25-15-19-4-3-11-31-19/h3-6,11-12,17H,7-10,13-15H2,1-2H3,(H,25,27,28,29). The summed E-state index contributed by atoms with van der Waals surface area (Å²) >= 11 is 1.72. The summed E-state index contributed by atoms with van der Waals surface area (Å²) in [5, 5.41) is 4.40. The maximum atomic E-state index is 5.44. The molecule has 0 spiro atoms. The molecule has 4 aromatic rings. The van der Waals surface area contributed by atoms with E-state index in [1.807, 2.05) is 19.1 Å². The molecule has 7 nitrogen and oxygen atoms in total. The van der Waals surface area contributed by atoms with Gasteiger partial charge in [0.2, 0.25) is 5.95 Å². The first-order valence-corrected chi connectivity index (χ1v) is 12.0. The van der Waals surface area contributed by atoms with Gasteiger partial charge in [0.25, 0.3) is 0 Å². The molecule has 1 saturated heterocycles. The number of aryl methyl sites for hydroxylation is 1. The number of fused-ring (bicyclic) bond motifs is 1. The summed E-state index contributed by atoms with van der Waals surface area (Å²) in [4.78, 5) is 21.3. The maximum Gasteiger partial charge on any atom is 0.226 e. The molecule has 1 aromatic carbocycles. The number of likely N-dealkylation sites (tertiary alicyclic amines) is 1. The minimum atomic E-state index is 0.552. The molecule has 0 amide bonds. The van der Waals surface area contributed by atoms with Crippen molar-refractivity contribution >= 4 is 27.5 Å². The smallest absolute Gasteiger partial charge is 0.226 e. The highest BCUT2D eigenvalue weighted by molar-refractivity contribution is 7.18. The van der Waals surface area contributed by atoms with Gasteiger partial charge in [0.1, 0.15) is 17.4 Å². The van der Waals surface area contributed by atoms with E-state index in [0.29, 0.717) is 24.8 Å². The highest BCUT2D eigenvalue weighted by atomic mass is 32.1. The van der Waals surface area contributed by atoms with Crippen molar-refractivity contribution < 1.29 is 4.42 Å². The number of rotatable bonds is 7. The summed E-state index contributed by atoms with van der Waals surface area (Å²) in [5.41, 5.74) is 2.24. The molecule has 1 aliphatic rings. The number of benzene rings is 1. The lowest BCUT2D eigenvalue weighted by atomic mass is 9.93. The molecular weight excluding hydrogens is 420 g/mol. The average Bonchev–Trinajstić information content (AvgIpc) is 3.42. The van der Waals surface area contributed by atoms with Gasteiger partial charge in [0.15, 0.2) is 0 Å². The number of nitrogens with one attached hydrogen (secondary N) is 1. The van der Waals surface area contributed by atoms with Crippen molar-refractivity contribution in [3.63, 3.8) is 0 Å². The van der Waals surface area contributed by atoms with Gasteiger partial charge in [-0.3, -0.25) is 0 Å². The van der Waals surface area contributed by atoms with Crippen molar-refractivity contribution in [1.82, 2.24) is 24.8 Å². The number of aromatic nitrogens is 4. The predicted octanol–water partition coefficient (Wildman–Crippen LogP) is 4.47. The molecular formula is C24H28N6OS. The number of piperidine rings is 1. The van der Waals surface area contributed by atoms with Gasteiger partial charge in [-0.25, -0.2) is 9.97 Å². The molecule has 166 valence electrons. The SMILES string of the molecule is Cc1nc2ccc(Cc3nc(CC4CCN(C)CC4)nc(NCc4ccco4)n3)cc2s1. The Balaban J connectivity index is 1.37. The first-order valence-electron chi connectivity index (χ1n) is 11.2. The Labute approximate surface area is 191 Å². The highest BCUT2D eigenvalue weighted by Gasteiger charge is 2.19. The summed E-state index contributed by atoms with van der Waals surface area (Å²) in [6.07, 6.45) is 5.62. The first-order chi connectivity index (χ1) is 15.6. The van der Waals surface area contributed by atoms with E-state index in [4.69, 9.17) is 19.4 Å². The van der Waals surface area contributed by atoms with Crippen LogP contribution in [0.1, 0.15) is 40.8 Å². The van der Waals surface area contributed by atoms with Gasteiger partial charge in [0, 0.05) is 12.8 Å². The van der Waals surface area contributed by atoms with Gasteiger partial charge in [-0.05, 0) is 75.6 Å². The number of furan rings is 1. The summed E-state index contributed by atoms with van der Waals surface area (Å²) in [5.74, 6) is 3.77. The Morgan fingerprint density at radius 3 is 2.75 bits per heavy atom. The van der Waals surface area contributed by atoms with Gasteiger partial charge in [-0.15, -0.1) is 11.3 Å². The molecule has 3 aromatic heterocycles. The third-order valence-corrected chi connectivity index (χ3v) is 6.89. The summed E-state index contributed by atoms with van der Waals surface area (Å²) in [6.45, 7) is 4.87. The van der Waals surface area contributed by atoms with Crippen molar-refractivity contribution in [2.24, 2.45) is 5.92 Å². The van der Waals surface area contributed by atoms with Crippen molar-refractivity contribution in [1.29, 1.82) is 0 Å². The largest absolute Gasteiger partial charge is 0.467 e. The van der Waals surface area contributed by atoms with E-state index in [9.17, 15) is 0 Å². The lowest BCUT2D eigenvalue weighted by Crippen LogP contribution is -2.31. The predicted molar refractivity (Wildman–Crippen MR) is 127 cm³/mol. The highest BCUT2D eigenvalue weighted by Crippen LogP contribution is 2.24. The molecule has 0 radical (unpaired) electrons. The maximum absolute atomic E-state index is 5.44. The monoisotopic (exact) mass is 448 g/mol. The molecule has 1 N–H and O–H groups in total. The topological polar surface area (TPSA) is 80.0 Å². The van der Waals surface area contributed by atoms with Crippen LogP contribution in [0.5, 0.6) is 0 Å². The van der Waals surface area contributed by atoms with Crippen molar-refractivity contribution in [2.75, 3.05) is 25.5 Å². The number of thiazole rings is 1. The second kappa shape index (κ2) is 9.34. The fraction of sp³-hybridized carbons (Fsp3) is 0.417. The molecule has 0 aliphatic carbocycles. The molecule has 8 heteroatoms. The minimum absolute atomic E-state index is 0.552. The van der Waals surface area contributed by atoms with Crippen molar-refractivity contribution in [3.05, 3.63) is 64.6 Å². The van der Waals surface area contributed by atoms with E-state index in [2.05, 4.69) is 40.4 Å². The Hall–Kier alpha value is -2.84. The molecule has 0 bridgehead atoms. The van der Waals surface area contributed by atoms with E-state index in [1.54, 1.807) is 17.6 Å². The normalized spacial score (nSPS) is 15.4. The summed E-state index contributed by atoms with van der Waals surface area (Å²) in [7, 11) is 2.19. The quantitative estimate of drug-likeness (QED) is 0.447. The lowest BCUT2D eigenvalue weighted by Gasteiger charge is -2.28. The van der Waals surface area contributed by atoms with E-state index in [1.165, 1.54) is 23.1 Å². The molecule has 1 fully saturated rings. The Morgan fingerprint density at radius 2 is 1.94 bits per heavy atom. The van der Waals surface area contributed by atoms with Crippen molar-refractivity contribution in [3.8, 4) is 0 Å². The van der Waals surface area contributed by atoms with Gasteiger partial charge in [-0.1, -0.05) is 6.07 Å². The molecule has 0 unspecified atom stereocenters. The van der Waals surface area contributed by atoms with Crippen LogP contribution in [-0.4, -0.2) is 45.0 Å². The molecule has 5 rings (SSSR count). The van der Waals surface area contributed by atoms with E-state index >= 15 is 0 Å². The van der Waals surface area contributed by atoms with E-state index in [0.717, 1.165) is 47.4 Å². The number of hydrogen-bond acceptors (Lipinski definition) is 8. The zero-order chi connectivity index (χ0) is 21.9.